The lowest BCUT2D eigenvalue weighted by Crippen LogP contribution is -2.50. The summed E-state index contributed by atoms with van der Waals surface area (Å²) >= 11 is 0. The molecule has 0 aromatic heterocycles. The van der Waals surface area contributed by atoms with Crippen LogP contribution in [0, 0.1) is 0 Å². The number of rotatable bonds is 4. The summed E-state index contributed by atoms with van der Waals surface area (Å²) in [6.07, 6.45) is 3.12. The Kier molecular flexibility index (Phi) is 4.04. The highest BCUT2D eigenvalue weighted by molar-refractivity contribution is 5.77. The van der Waals surface area contributed by atoms with Crippen LogP contribution in [0.25, 0.3) is 0 Å². The van der Waals surface area contributed by atoms with Crippen LogP contribution < -0.4 is 4.74 Å². The minimum Gasteiger partial charge on any atom is -0.497 e. The Morgan fingerprint density at radius 3 is 2.75 bits per heavy atom. The van der Waals surface area contributed by atoms with Crippen molar-refractivity contribution in [3.63, 3.8) is 0 Å². The smallest absolute Gasteiger partial charge is 0.323 e. The number of aliphatic carboxylic acids is 1. The summed E-state index contributed by atoms with van der Waals surface area (Å²) in [6.45, 7) is 3.51. The predicted molar refractivity (Wildman–Crippen MR) is 78.2 cm³/mol. The zero-order chi connectivity index (χ0) is 14.9. The number of carboxylic acids is 1. The molecule has 1 aromatic carbocycles. The number of methoxy groups -OCH3 is 1. The molecule has 0 heterocycles. The van der Waals surface area contributed by atoms with Crippen molar-refractivity contribution >= 4 is 5.97 Å². The number of hydrogen-bond acceptors (Lipinski definition) is 3. The predicted octanol–water partition coefficient (Wildman–Crippen LogP) is 2.87. The highest BCUT2D eigenvalue weighted by atomic mass is 16.5. The van der Waals surface area contributed by atoms with Gasteiger partial charge in [0.25, 0.3) is 0 Å². The monoisotopic (exact) mass is 277 g/mol. The molecule has 0 fully saturated rings. The highest BCUT2D eigenvalue weighted by Crippen LogP contribution is 2.38. The summed E-state index contributed by atoms with van der Waals surface area (Å²) in [6, 6.07) is 6.25. The van der Waals surface area contributed by atoms with E-state index < -0.39 is 11.5 Å². The van der Waals surface area contributed by atoms with Gasteiger partial charge >= 0.3 is 5.97 Å². The standard InChI is InChI=1S/C16H23NO3/c1-16(2,15(18)19)17(3)14-7-5-6-11-8-9-12(20-4)10-13(11)14/h8-10,14H,5-7H2,1-4H3,(H,18,19). The van der Waals surface area contributed by atoms with Gasteiger partial charge in [0, 0.05) is 6.04 Å². The third-order valence-corrected chi connectivity index (χ3v) is 4.51. The van der Waals surface area contributed by atoms with Crippen molar-refractivity contribution in [2.75, 3.05) is 14.2 Å². The average molecular weight is 277 g/mol. The molecule has 4 nitrogen and oxygen atoms in total. The van der Waals surface area contributed by atoms with Gasteiger partial charge in [0.05, 0.1) is 7.11 Å². The SMILES string of the molecule is COc1ccc2c(c1)C(N(C)C(C)(C)C(=O)O)CCC2. The van der Waals surface area contributed by atoms with Crippen LogP contribution in [0.4, 0.5) is 0 Å². The van der Waals surface area contributed by atoms with Crippen molar-refractivity contribution in [1.82, 2.24) is 4.90 Å². The Labute approximate surface area is 120 Å². The van der Waals surface area contributed by atoms with E-state index in [4.69, 9.17) is 4.74 Å². The molecule has 1 aliphatic carbocycles. The fourth-order valence-corrected chi connectivity index (χ4v) is 2.82. The molecule has 0 saturated heterocycles. The van der Waals surface area contributed by atoms with Crippen molar-refractivity contribution < 1.29 is 14.6 Å². The first-order valence-electron chi connectivity index (χ1n) is 7.01. The lowest BCUT2D eigenvalue weighted by Gasteiger charge is -2.41. The fourth-order valence-electron chi connectivity index (χ4n) is 2.82. The lowest BCUT2D eigenvalue weighted by molar-refractivity contribution is -0.150. The second-order valence-electron chi connectivity index (χ2n) is 5.95. The number of aryl methyl sites for hydroxylation is 1. The Balaban J connectivity index is 2.39. The molecular formula is C16H23NO3. The van der Waals surface area contributed by atoms with E-state index in [0.717, 1.165) is 25.0 Å². The van der Waals surface area contributed by atoms with E-state index in [1.54, 1.807) is 21.0 Å². The van der Waals surface area contributed by atoms with Crippen LogP contribution in [0.15, 0.2) is 18.2 Å². The molecule has 1 aliphatic rings. The third kappa shape index (κ3) is 2.52. The van der Waals surface area contributed by atoms with Crippen molar-refractivity contribution in [3.8, 4) is 5.75 Å². The van der Waals surface area contributed by atoms with E-state index in [-0.39, 0.29) is 6.04 Å². The maximum Gasteiger partial charge on any atom is 0.323 e. The molecule has 2 rings (SSSR count). The van der Waals surface area contributed by atoms with Gasteiger partial charge in [-0.2, -0.15) is 0 Å². The molecule has 0 saturated carbocycles. The normalized spacial score (nSPS) is 18.8. The van der Waals surface area contributed by atoms with E-state index >= 15 is 0 Å². The van der Waals surface area contributed by atoms with Gasteiger partial charge in [0.2, 0.25) is 0 Å². The number of hydrogen-bond donors (Lipinski definition) is 1. The summed E-state index contributed by atoms with van der Waals surface area (Å²) < 4.78 is 5.31. The van der Waals surface area contributed by atoms with Crippen LogP contribution in [0.5, 0.6) is 5.75 Å². The van der Waals surface area contributed by atoms with Gasteiger partial charge in [0.15, 0.2) is 0 Å². The summed E-state index contributed by atoms with van der Waals surface area (Å²) in [7, 11) is 3.55. The molecule has 20 heavy (non-hydrogen) atoms. The first-order chi connectivity index (χ1) is 9.37. The Hall–Kier alpha value is -1.55. The van der Waals surface area contributed by atoms with Crippen LogP contribution in [-0.2, 0) is 11.2 Å². The van der Waals surface area contributed by atoms with Crippen LogP contribution in [0.2, 0.25) is 0 Å². The van der Waals surface area contributed by atoms with Gasteiger partial charge in [-0.1, -0.05) is 6.07 Å². The van der Waals surface area contributed by atoms with E-state index in [9.17, 15) is 9.90 Å². The van der Waals surface area contributed by atoms with E-state index in [1.807, 2.05) is 24.1 Å². The molecule has 0 bridgehead atoms. The topological polar surface area (TPSA) is 49.8 Å². The first kappa shape index (κ1) is 14.9. The van der Waals surface area contributed by atoms with Gasteiger partial charge in [-0.25, -0.2) is 0 Å². The van der Waals surface area contributed by atoms with Crippen LogP contribution >= 0.6 is 0 Å². The zero-order valence-corrected chi connectivity index (χ0v) is 12.6. The van der Waals surface area contributed by atoms with Crippen molar-refractivity contribution in [3.05, 3.63) is 29.3 Å². The van der Waals surface area contributed by atoms with E-state index in [0.29, 0.717) is 0 Å². The van der Waals surface area contributed by atoms with Gasteiger partial charge in [-0.3, -0.25) is 9.69 Å². The molecule has 0 radical (unpaired) electrons. The lowest BCUT2D eigenvalue weighted by atomic mass is 9.84. The van der Waals surface area contributed by atoms with Crippen molar-refractivity contribution in [2.45, 2.75) is 44.7 Å². The second kappa shape index (κ2) is 5.44. The maximum absolute atomic E-state index is 11.5. The second-order valence-corrected chi connectivity index (χ2v) is 5.95. The molecule has 4 heteroatoms. The molecule has 0 spiro atoms. The molecule has 1 aromatic rings. The quantitative estimate of drug-likeness (QED) is 0.919. The number of carboxylic acid groups (broad SMARTS) is 1. The molecule has 0 amide bonds. The highest BCUT2D eigenvalue weighted by Gasteiger charge is 2.38. The number of ether oxygens (including phenoxy) is 1. The van der Waals surface area contributed by atoms with Crippen molar-refractivity contribution in [2.24, 2.45) is 0 Å². The summed E-state index contributed by atoms with van der Waals surface area (Å²) in [4.78, 5) is 13.4. The third-order valence-electron chi connectivity index (χ3n) is 4.51. The minimum atomic E-state index is -0.887. The Bertz CT molecular complexity index is 510. The summed E-state index contributed by atoms with van der Waals surface area (Å²) in [5.41, 5.74) is 1.62. The fraction of sp³-hybridized carbons (Fsp3) is 0.562. The van der Waals surface area contributed by atoms with E-state index in [1.165, 1.54) is 11.1 Å². The maximum atomic E-state index is 11.5. The van der Waals surface area contributed by atoms with E-state index in [2.05, 4.69) is 6.07 Å². The number of carbonyl (C=O) groups is 1. The Morgan fingerprint density at radius 1 is 1.45 bits per heavy atom. The first-order valence-corrected chi connectivity index (χ1v) is 7.01. The number of fused-ring (bicyclic) bond motifs is 1. The Morgan fingerprint density at radius 2 is 2.15 bits per heavy atom. The number of nitrogens with zero attached hydrogens (tertiary/aromatic N) is 1. The van der Waals surface area contributed by atoms with Gasteiger partial charge in [0.1, 0.15) is 11.3 Å². The van der Waals surface area contributed by atoms with Crippen LogP contribution in [0.1, 0.15) is 43.9 Å². The zero-order valence-electron chi connectivity index (χ0n) is 12.6. The van der Waals surface area contributed by atoms with Crippen LogP contribution in [-0.4, -0.2) is 35.7 Å². The molecule has 1 N–H and O–H groups in total. The molecule has 1 atom stereocenters. The van der Waals surface area contributed by atoms with Crippen molar-refractivity contribution in [1.29, 1.82) is 0 Å². The molecular weight excluding hydrogens is 254 g/mol. The largest absolute Gasteiger partial charge is 0.497 e. The average Bonchev–Trinajstić information content (AvgIpc) is 2.45. The van der Waals surface area contributed by atoms with Gasteiger partial charge in [-0.15, -0.1) is 0 Å². The minimum absolute atomic E-state index is 0.125. The summed E-state index contributed by atoms with van der Waals surface area (Å²) in [5.74, 6) is 0.0344. The van der Waals surface area contributed by atoms with Gasteiger partial charge < -0.3 is 9.84 Å². The van der Waals surface area contributed by atoms with Gasteiger partial charge in [-0.05, 0) is 63.4 Å². The number of benzene rings is 1. The molecule has 110 valence electrons. The number of likely N-dealkylation sites (N-methyl/N-ethyl adjacent to an activating group) is 1. The van der Waals surface area contributed by atoms with Crippen LogP contribution in [0.3, 0.4) is 0 Å². The summed E-state index contributed by atoms with van der Waals surface area (Å²) in [5, 5.41) is 9.42. The molecule has 1 unspecified atom stereocenters. The molecule has 0 aliphatic heterocycles.